The van der Waals surface area contributed by atoms with Crippen LogP contribution in [-0.2, 0) is 13.0 Å². The number of thiophene rings is 2. The minimum Gasteiger partial charge on any atom is -0.379 e. The summed E-state index contributed by atoms with van der Waals surface area (Å²) >= 11 is 16.1. The molecule has 0 amide bonds. The van der Waals surface area contributed by atoms with E-state index in [1.165, 1.54) is 4.88 Å². The van der Waals surface area contributed by atoms with Gasteiger partial charge < -0.3 is 11.1 Å². The van der Waals surface area contributed by atoms with Crippen LogP contribution in [0.1, 0.15) is 23.1 Å². The Labute approximate surface area is 153 Å². The zero-order valence-electron chi connectivity index (χ0n) is 12.6. The van der Waals surface area contributed by atoms with Gasteiger partial charge in [-0.2, -0.15) is 0 Å². The van der Waals surface area contributed by atoms with Crippen molar-refractivity contribution in [2.24, 2.45) is 5.73 Å². The van der Waals surface area contributed by atoms with Crippen molar-refractivity contribution in [1.82, 2.24) is 4.98 Å². The van der Waals surface area contributed by atoms with E-state index in [0.717, 1.165) is 40.2 Å². The molecule has 0 saturated carbocycles. The van der Waals surface area contributed by atoms with Crippen LogP contribution < -0.4 is 11.1 Å². The van der Waals surface area contributed by atoms with E-state index in [-0.39, 0.29) is 6.04 Å². The topological polar surface area (TPSA) is 50.9 Å². The summed E-state index contributed by atoms with van der Waals surface area (Å²) in [4.78, 5) is 6.74. The molecule has 1 atom stereocenters. The Balaban J connectivity index is 1.95. The number of nitrogens with zero attached hydrogens (tertiary/aromatic N) is 1. The highest BCUT2D eigenvalue weighted by Gasteiger charge is 2.17. The van der Waals surface area contributed by atoms with Crippen LogP contribution in [0.3, 0.4) is 0 Å². The molecule has 0 spiro atoms. The number of aromatic nitrogens is 1. The van der Waals surface area contributed by atoms with Gasteiger partial charge in [0.15, 0.2) is 0 Å². The molecule has 3 nitrogen and oxygen atoms in total. The maximum Gasteiger partial charge on any atom is 0.131 e. The fourth-order valence-corrected chi connectivity index (χ4v) is 4.73. The molecule has 0 fully saturated rings. The minimum absolute atomic E-state index is 0.110. The molecule has 3 N–H and O–H groups in total. The van der Waals surface area contributed by atoms with E-state index in [1.54, 1.807) is 22.7 Å². The maximum atomic E-state index is 6.51. The highest BCUT2D eigenvalue weighted by atomic mass is 35.5. The third-order valence-corrected chi connectivity index (χ3v) is 6.45. The van der Waals surface area contributed by atoms with Crippen molar-refractivity contribution in [3.05, 3.63) is 43.5 Å². The Hall–Kier alpha value is -0.850. The Morgan fingerprint density at radius 1 is 1.39 bits per heavy atom. The van der Waals surface area contributed by atoms with Gasteiger partial charge in [-0.25, -0.2) is 4.98 Å². The number of fused-ring (bicyclic) bond motifs is 1. The molecule has 3 rings (SSSR count). The zero-order valence-corrected chi connectivity index (χ0v) is 15.7. The second kappa shape index (κ2) is 7.36. The first kappa shape index (κ1) is 17.0. The summed E-state index contributed by atoms with van der Waals surface area (Å²) in [6, 6.07) is 6.11. The van der Waals surface area contributed by atoms with Gasteiger partial charge in [-0.3, -0.25) is 0 Å². The van der Waals surface area contributed by atoms with Gasteiger partial charge in [0.25, 0.3) is 0 Å². The molecule has 0 bridgehead atoms. The monoisotopic (exact) mass is 385 g/mol. The van der Waals surface area contributed by atoms with Crippen LogP contribution in [0.25, 0.3) is 10.2 Å². The van der Waals surface area contributed by atoms with Crippen molar-refractivity contribution in [3.63, 3.8) is 0 Å². The van der Waals surface area contributed by atoms with Crippen molar-refractivity contribution >= 4 is 61.8 Å². The summed E-state index contributed by atoms with van der Waals surface area (Å²) in [7, 11) is 0. The van der Waals surface area contributed by atoms with E-state index in [9.17, 15) is 0 Å². The molecule has 0 aliphatic carbocycles. The summed E-state index contributed by atoms with van der Waals surface area (Å²) in [6.45, 7) is 2.83. The van der Waals surface area contributed by atoms with Gasteiger partial charge in [0.05, 0.1) is 15.4 Å². The fourth-order valence-electron chi connectivity index (χ4n) is 2.29. The predicted molar refractivity (Wildman–Crippen MR) is 103 cm³/mol. The van der Waals surface area contributed by atoms with Gasteiger partial charge in [0.1, 0.15) is 10.7 Å². The summed E-state index contributed by atoms with van der Waals surface area (Å²) in [5.41, 5.74) is 7.80. The Morgan fingerprint density at radius 2 is 2.22 bits per heavy atom. The standard InChI is InChI=1S/C16H17Cl2N3S2/c1-2-9(19)6-12-14(18)15-16(23-12)11(7-13(17)21-15)20-8-10-4-3-5-22-10/h3-5,7,9H,2,6,8,19H2,1H3,(H,20,21)/t9-/m0/s1. The van der Waals surface area contributed by atoms with Crippen molar-refractivity contribution in [2.45, 2.75) is 32.4 Å². The number of hydrogen-bond acceptors (Lipinski definition) is 5. The summed E-state index contributed by atoms with van der Waals surface area (Å²) in [5, 5.41) is 6.63. The van der Waals surface area contributed by atoms with Crippen molar-refractivity contribution in [1.29, 1.82) is 0 Å². The summed E-state index contributed by atoms with van der Waals surface area (Å²) in [5.74, 6) is 0. The predicted octanol–water partition coefficient (Wildman–Crippen LogP) is 5.56. The van der Waals surface area contributed by atoms with Crippen LogP contribution in [0.15, 0.2) is 23.6 Å². The van der Waals surface area contributed by atoms with Crippen molar-refractivity contribution < 1.29 is 0 Å². The van der Waals surface area contributed by atoms with Crippen LogP contribution in [0.4, 0.5) is 5.69 Å². The largest absolute Gasteiger partial charge is 0.379 e. The minimum atomic E-state index is 0.110. The van der Waals surface area contributed by atoms with E-state index >= 15 is 0 Å². The number of nitrogens with two attached hydrogens (primary N) is 1. The zero-order chi connectivity index (χ0) is 16.4. The summed E-state index contributed by atoms with van der Waals surface area (Å²) < 4.78 is 1.04. The Bertz CT molecular complexity index is 799. The number of hydrogen-bond donors (Lipinski definition) is 2. The summed E-state index contributed by atoms with van der Waals surface area (Å²) in [6.07, 6.45) is 1.68. The lowest BCUT2D eigenvalue weighted by Gasteiger charge is -2.06. The molecule has 0 aliphatic heterocycles. The lowest BCUT2D eigenvalue weighted by molar-refractivity contribution is 0.652. The highest BCUT2D eigenvalue weighted by Crippen LogP contribution is 2.40. The van der Waals surface area contributed by atoms with Crippen LogP contribution >= 0.6 is 45.9 Å². The van der Waals surface area contributed by atoms with Gasteiger partial charge >= 0.3 is 0 Å². The van der Waals surface area contributed by atoms with Gasteiger partial charge in [-0.1, -0.05) is 36.2 Å². The third kappa shape index (κ3) is 3.80. The van der Waals surface area contributed by atoms with E-state index in [0.29, 0.717) is 10.2 Å². The number of anilines is 1. The smallest absolute Gasteiger partial charge is 0.131 e. The first-order valence-corrected chi connectivity index (χ1v) is 9.83. The van der Waals surface area contributed by atoms with Gasteiger partial charge in [0.2, 0.25) is 0 Å². The second-order valence-electron chi connectivity index (χ2n) is 5.31. The first-order valence-electron chi connectivity index (χ1n) is 7.37. The molecule has 23 heavy (non-hydrogen) atoms. The van der Waals surface area contributed by atoms with E-state index in [1.807, 2.05) is 12.1 Å². The molecule has 3 heterocycles. The van der Waals surface area contributed by atoms with Crippen LogP contribution in [0.5, 0.6) is 0 Å². The fraction of sp³-hybridized carbons (Fsp3) is 0.312. The Kier molecular flexibility index (Phi) is 5.44. The number of halogens is 2. The number of nitrogens with one attached hydrogen (secondary N) is 1. The lowest BCUT2D eigenvalue weighted by atomic mass is 10.1. The van der Waals surface area contributed by atoms with E-state index < -0.39 is 0 Å². The van der Waals surface area contributed by atoms with Crippen LogP contribution in [-0.4, -0.2) is 11.0 Å². The molecule has 0 aliphatic rings. The SMILES string of the molecule is CC[C@H](N)Cc1sc2c(NCc3cccs3)cc(Cl)nc2c1Cl. The third-order valence-electron chi connectivity index (χ3n) is 3.62. The van der Waals surface area contributed by atoms with Gasteiger partial charge in [-0.15, -0.1) is 22.7 Å². The van der Waals surface area contributed by atoms with Gasteiger partial charge in [0, 0.05) is 28.4 Å². The molecular weight excluding hydrogens is 369 g/mol. The van der Waals surface area contributed by atoms with E-state index in [4.69, 9.17) is 28.9 Å². The van der Waals surface area contributed by atoms with E-state index in [2.05, 4.69) is 28.7 Å². The highest BCUT2D eigenvalue weighted by molar-refractivity contribution is 7.20. The van der Waals surface area contributed by atoms with Crippen molar-refractivity contribution in [3.8, 4) is 0 Å². The second-order valence-corrected chi connectivity index (χ2v) is 8.22. The molecule has 0 aromatic carbocycles. The molecule has 0 radical (unpaired) electrons. The average Bonchev–Trinajstić information content (AvgIpc) is 3.15. The maximum absolute atomic E-state index is 6.51. The van der Waals surface area contributed by atoms with Crippen LogP contribution in [0, 0.1) is 0 Å². The van der Waals surface area contributed by atoms with Crippen LogP contribution in [0.2, 0.25) is 10.2 Å². The molecule has 3 aromatic heterocycles. The average molecular weight is 386 g/mol. The molecule has 3 aromatic rings. The number of pyridine rings is 1. The van der Waals surface area contributed by atoms with Gasteiger partial charge in [-0.05, 0) is 24.3 Å². The molecule has 0 saturated heterocycles. The molecule has 7 heteroatoms. The lowest BCUT2D eigenvalue weighted by Crippen LogP contribution is -2.20. The quantitative estimate of drug-likeness (QED) is 0.546. The molecule has 0 unspecified atom stereocenters. The first-order chi connectivity index (χ1) is 11.1. The number of rotatable bonds is 6. The molecule has 122 valence electrons. The van der Waals surface area contributed by atoms with Crippen molar-refractivity contribution in [2.75, 3.05) is 5.32 Å². The Morgan fingerprint density at radius 3 is 2.91 bits per heavy atom. The molecular formula is C16H17Cl2N3S2. The normalized spacial score (nSPS) is 12.7.